The molecule has 0 amide bonds. The molecule has 1 N–H and O–H groups in total. The first kappa shape index (κ1) is 13.3. The minimum Gasteiger partial charge on any atom is -0.480 e. The van der Waals surface area contributed by atoms with Gasteiger partial charge in [-0.15, -0.1) is 6.42 Å². The van der Waals surface area contributed by atoms with E-state index >= 15 is 0 Å². The number of carboxylic acids is 1. The smallest absolute Gasteiger partial charge is 0.317 e. The first-order valence-electron chi connectivity index (χ1n) is 5.51. The molecule has 0 aliphatic carbocycles. The standard InChI is InChI=1S/C14H17NO2/c1-4-9-15(10-14(16)17)12(3)13-8-6-5-7-11(13)2/h1,5-8,12H,9-10H2,2-3H3,(H,16,17). The number of aliphatic carboxylic acids is 1. The number of carboxylic acid groups (broad SMARTS) is 1. The van der Waals surface area contributed by atoms with E-state index in [1.807, 2.05) is 38.1 Å². The first-order valence-corrected chi connectivity index (χ1v) is 5.51. The summed E-state index contributed by atoms with van der Waals surface area (Å²) >= 11 is 0. The van der Waals surface area contributed by atoms with Gasteiger partial charge in [0.1, 0.15) is 0 Å². The largest absolute Gasteiger partial charge is 0.480 e. The molecular weight excluding hydrogens is 214 g/mol. The van der Waals surface area contributed by atoms with Gasteiger partial charge in [0.2, 0.25) is 0 Å². The number of hydrogen-bond acceptors (Lipinski definition) is 2. The van der Waals surface area contributed by atoms with Crippen molar-refractivity contribution >= 4 is 5.97 Å². The molecule has 0 bridgehead atoms. The highest BCUT2D eigenvalue weighted by Gasteiger charge is 2.18. The van der Waals surface area contributed by atoms with Crippen molar-refractivity contribution in [3.05, 3.63) is 35.4 Å². The third-order valence-electron chi connectivity index (χ3n) is 2.82. The zero-order valence-electron chi connectivity index (χ0n) is 10.2. The zero-order chi connectivity index (χ0) is 12.8. The Labute approximate surface area is 102 Å². The van der Waals surface area contributed by atoms with Crippen LogP contribution in [0.3, 0.4) is 0 Å². The van der Waals surface area contributed by atoms with Gasteiger partial charge in [0, 0.05) is 6.04 Å². The molecule has 3 heteroatoms. The zero-order valence-corrected chi connectivity index (χ0v) is 10.2. The third kappa shape index (κ3) is 3.61. The molecule has 0 saturated carbocycles. The van der Waals surface area contributed by atoms with Gasteiger partial charge in [-0.25, -0.2) is 0 Å². The molecule has 17 heavy (non-hydrogen) atoms. The molecule has 1 rings (SSSR count). The first-order chi connectivity index (χ1) is 8.06. The fraction of sp³-hybridized carbons (Fsp3) is 0.357. The summed E-state index contributed by atoms with van der Waals surface area (Å²) in [4.78, 5) is 12.6. The van der Waals surface area contributed by atoms with Crippen molar-refractivity contribution in [3.63, 3.8) is 0 Å². The summed E-state index contributed by atoms with van der Waals surface area (Å²) in [7, 11) is 0. The van der Waals surface area contributed by atoms with Crippen LogP contribution in [0.25, 0.3) is 0 Å². The Kier molecular flexibility index (Phi) is 4.74. The second-order valence-corrected chi connectivity index (χ2v) is 4.04. The SMILES string of the molecule is C#CCN(CC(=O)O)C(C)c1ccccc1C. The monoisotopic (exact) mass is 231 g/mol. The van der Waals surface area contributed by atoms with Crippen LogP contribution in [0, 0.1) is 19.3 Å². The lowest BCUT2D eigenvalue weighted by Crippen LogP contribution is -2.33. The Balaban J connectivity index is 2.92. The predicted octanol–water partition coefficient (Wildman–Crippen LogP) is 2.08. The highest BCUT2D eigenvalue weighted by Crippen LogP contribution is 2.22. The number of benzene rings is 1. The third-order valence-corrected chi connectivity index (χ3v) is 2.82. The van der Waals surface area contributed by atoms with Crippen molar-refractivity contribution in [1.29, 1.82) is 0 Å². The van der Waals surface area contributed by atoms with E-state index in [1.54, 1.807) is 4.90 Å². The Morgan fingerprint density at radius 3 is 2.71 bits per heavy atom. The van der Waals surface area contributed by atoms with E-state index in [9.17, 15) is 4.79 Å². The van der Waals surface area contributed by atoms with Gasteiger partial charge >= 0.3 is 5.97 Å². The number of rotatable bonds is 5. The molecule has 1 aromatic rings. The molecule has 1 unspecified atom stereocenters. The second kappa shape index (κ2) is 6.07. The van der Waals surface area contributed by atoms with Gasteiger partial charge in [0.15, 0.2) is 0 Å². The summed E-state index contributed by atoms with van der Waals surface area (Å²) in [5.41, 5.74) is 2.26. The van der Waals surface area contributed by atoms with Gasteiger partial charge in [-0.2, -0.15) is 0 Å². The summed E-state index contributed by atoms with van der Waals surface area (Å²) in [6.45, 7) is 4.28. The lowest BCUT2D eigenvalue weighted by atomic mass is 10.0. The number of carbonyl (C=O) groups is 1. The molecule has 0 aromatic heterocycles. The molecule has 1 aromatic carbocycles. The lowest BCUT2D eigenvalue weighted by Gasteiger charge is -2.27. The van der Waals surface area contributed by atoms with Crippen LogP contribution in [0.5, 0.6) is 0 Å². The number of terminal acetylenes is 1. The molecule has 0 aliphatic rings. The minimum absolute atomic E-state index is 0.00310. The number of aryl methyl sites for hydroxylation is 1. The van der Waals surface area contributed by atoms with Gasteiger partial charge in [-0.05, 0) is 25.0 Å². The topological polar surface area (TPSA) is 40.5 Å². The maximum Gasteiger partial charge on any atom is 0.317 e. The van der Waals surface area contributed by atoms with Crippen LogP contribution >= 0.6 is 0 Å². The van der Waals surface area contributed by atoms with E-state index in [0.29, 0.717) is 6.54 Å². The van der Waals surface area contributed by atoms with Crippen LogP contribution in [-0.2, 0) is 4.79 Å². The van der Waals surface area contributed by atoms with E-state index in [2.05, 4.69) is 5.92 Å². The molecule has 0 fully saturated rings. The molecule has 0 spiro atoms. The van der Waals surface area contributed by atoms with Crippen molar-refractivity contribution < 1.29 is 9.90 Å². The molecule has 0 radical (unpaired) electrons. The fourth-order valence-electron chi connectivity index (χ4n) is 1.87. The highest BCUT2D eigenvalue weighted by atomic mass is 16.4. The normalized spacial score (nSPS) is 12.1. The number of nitrogens with zero attached hydrogens (tertiary/aromatic N) is 1. The molecule has 0 heterocycles. The van der Waals surface area contributed by atoms with E-state index in [4.69, 9.17) is 11.5 Å². The van der Waals surface area contributed by atoms with Crippen molar-refractivity contribution in [2.45, 2.75) is 19.9 Å². The summed E-state index contributed by atoms with van der Waals surface area (Å²) in [5, 5.41) is 8.87. The lowest BCUT2D eigenvalue weighted by molar-refractivity contribution is -0.138. The van der Waals surface area contributed by atoms with Crippen molar-refractivity contribution in [2.24, 2.45) is 0 Å². The van der Waals surface area contributed by atoms with Crippen LogP contribution in [0.4, 0.5) is 0 Å². The average molecular weight is 231 g/mol. The summed E-state index contributed by atoms with van der Waals surface area (Å²) in [6, 6.07) is 7.94. The summed E-state index contributed by atoms with van der Waals surface area (Å²) in [6.07, 6.45) is 5.27. The van der Waals surface area contributed by atoms with Crippen molar-refractivity contribution in [1.82, 2.24) is 4.90 Å². The Bertz CT molecular complexity index is 434. The predicted molar refractivity (Wildman–Crippen MR) is 67.6 cm³/mol. The van der Waals surface area contributed by atoms with Crippen molar-refractivity contribution in [3.8, 4) is 12.3 Å². The highest BCUT2D eigenvalue weighted by molar-refractivity contribution is 5.69. The Hall–Kier alpha value is -1.79. The quantitative estimate of drug-likeness (QED) is 0.789. The molecular formula is C14H17NO2. The van der Waals surface area contributed by atoms with E-state index in [-0.39, 0.29) is 12.6 Å². The van der Waals surface area contributed by atoms with Gasteiger partial charge in [-0.1, -0.05) is 30.2 Å². The number of hydrogen-bond donors (Lipinski definition) is 1. The average Bonchev–Trinajstić information content (AvgIpc) is 2.28. The van der Waals surface area contributed by atoms with Crippen LogP contribution in [0.15, 0.2) is 24.3 Å². The molecule has 0 aliphatic heterocycles. The fourth-order valence-corrected chi connectivity index (χ4v) is 1.87. The van der Waals surface area contributed by atoms with Crippen molar-refractivity contribution in [2.75, 3.05) is 13.1 Å². The maximum atomic E-state index is 10.8. The van der Waals surface area contributed by atoms with Crippen LogP contribution in [-0.4, -0.2) is 29.1 Å². The van der Waals surface area contributed by atoms with Crippen LogP contribution in [0.2, 0.25) is 0 Å². The van der Waals surface area contributed by atoms with E-state index in [0.717, 1.165) is 11.1 Å². The molecule has 90 valence electrons. The van der Waals surface area contributed by atoms with Gasteiger partial charge in [0.25, 0.3) is 0 Å². The van der Waals surface area contributed by atoms with Crippen LogP contribution < -0.4 is 0 Å². The van der Waals surface area contributed by atoms with Gasteiger partial charge < -0.3 is 5.11 Å². The molecule has 3 nitrogen and oxygen atoms in total. The van der Waals surface area contributed by atoms with Gasteiger partial charge in [-0.3, -0.25) is 9.69 Å². The van der Waals surface area contributed by atoms with E-state index in [1.165, 1.54) is 0 Å². The Morgan fingerprint density at radius 2 is 2.18 bits per heavy atom. The minimum atomic E-state index is -0.860. The Morgan fingerprint density at radius 1 is 1.53 bits per heavy atom. The molecule has 1 atom stereocenters. The maximum absolute atomic E-state index is 10.8. The summed E-state index contributed by atoms with van der Waals surface area (Å²) < 4.78 is 0. The van der Waals surface area contributed by atoms with Crippen LogP contribution in [0.1, 0.15) is 24.1 Å². The van der Waals surface area contributed by atoms with E-state index < -0.39 is 5.97 Å². The summed E-state index contributed by atoms with van der Waals surface area (Å²) in [5.74, 6) is 1.65. The second-order valence-electron chi connectivity index (χ2n) is 4.04. The molecule has 0 saturated heterocycles. The van der Waals surface area contributed by atoms with Gasteiger partial charge in [0.05, 0.1) is 13.1 Å².